The minimum atomic E-state index is -0.246. The lowest BCUT2D eigenvalue weighted by Gasteiger charge is -2.19. The second kappa shape index (κ2) is 8.95. The van der Waals surface area contributed by atoms with Gasteiger partial charge in [0.15, 0.2) is 0 Å². The molecule has 2 aromatic carbocycles. The molecule has 5 nitrogen and oxygen atoms in total. The van der Waals surface area contributed by atoms with Gasteiger partial charge in [-0.05, 0) is 77.5 Å². The standard InChI is InChI=1S/C21H22BrN3O2/c1-14-6-2-5-9-19(14)24-25-20(26)15-10-12-16(13-11-15)23-21(27)17-7-3-4-8-18(17)22/h3-4,7-8,10-14H,2,5-6,9H2,1H3,(H,23,27)(H,25,26)/t14-/m0/s1. The van der Waals surface area contributed by atoms with Crippen LogP contribution in [0.1, 0.15) is 53.3 Å². The molecule has 2 amide bonds. The van der Waals surface area contributed by atoms with E-state index in [2.05, 4.69) is 38.7 Å². The molecule has 1 atom stereocenters. The van der Waals surface area contributed by atoms with Crippen molar-refractivity contribution in [3.05, 3.63) is 64.1 Å². The molecule has 1 fully saturated rings. The maximum Gasteiger partial charge on any atom is 0.271 e. The van der Waals surface area contributed by atoms with E-state index in [0.717, 1.165) is 29.4 Å². The van der Waals surface area contributed by atoms with Crippen LogP contribution in [0.2, 0.25) is 0 Å². The summed E-state index contributed by atoms with van der Waals surface area (Å²) < 4.78 is 0.731. The number of rotatable bonds is 4. The highest BCUT2D eigenvalue weighted by Gasteiger charge is 2.16. The number of carbonyl (C=O) groups is 2. The lowest BCUT2D eigenvalue weighted by atomic mass is 9.89. The van der Waals surface area contributed by atoms with Crippen molar-refractivity contribution in [1.82, 2.24) is 5.43 Å². The molecule has 6 heteroatoms. The number of amides is 2. The van der Waals surface area contributed by atoms with E-state index >= 15 is 0 Å². The van der Waals surface area contributed by atoms with Crippen LogP contribution in [0.5, 0.6) is 0 Å². The van der Waals surface area contributed by atoms with Crippen molar-refractivity contribution in [1.29, 1.82) is 0 Å². The SMILES string of the molecule is C[C@H]1CCCCC1=NNC(=O)c1ccc(NC(=O)c2ccccc2Br)cc1. The molecule has 140 valence electrons. The van der Waals surface area contributed by atoms with E-state index in [-0.39, 0.29) is 11.8 Å². The first-order valence-electron chi connectivity index (χ1n) is 9.07. The van der Waals surface area contributed by atoms with E-state index in [1.807, 2.05) is 18.2 Å². The Kier molecular flexibility index (Phi) is 6.40. The van der Waals surface area contributed by atoms with Crippen LogP contribution in [0.4, 0.5) is 5.69 Å². The van der Waals surface area contributed by atoms with Crippen molar-refractivity contribution in [2.24, 2.45) is 11.0 Å². The average molecular weight is 428 g/mol. The number of hydrazone groups is 1. The molecule has 3 rings (SSSR count). The smallest absolute Gasteiger partial charge is 0.271 e. The van der Waals surface area contributed by atoms with Gasteiger partial charge in [0.1, 0.15) is 0 Å². The van der Waals surface area contributed by atoms with Gasteiger partial charge in [0.05, 0.1) is 5.56 Å². The van der Waals surface area contributed by atoms with Crippen LogP contribution in [0, 0.1) is 5.92 Å². The number of halogens is 1. The maximum absolute atomic E-state index is 12.3. The quantitative estimate of drug-likeness (QED) is 0.673. The molecule has 0 spiro atoms. The summed E-state index contributed by atoms with van der Waals surface area (Å²) in [6, 6.07) is 14.0. The predicted molar refractivity (Wildman–Crippen MR) is 111 cm³/mol. The first kappa shape index (κ1) is 19.3. The number of nitrogens with one attached hydrogen (secondary N) is 2. The first-order chi connectivity index (χ1) is 13.0. The molecular formula is C21H22BrN3O2. The second-order valence-electron chi connectivity index (χ2n) is 6.70. The van der Waals surface area contributed by atoms with Gasteiger partial charge < -0.3 is 5.32 Å². The predicted octanol–water partition coefficient (Wildman–Crippen LogP) is 5.00. The van der Waals surface area contributed by atoms with Crippen LogP contribution < -0.4 is 10.7 Å². The van der Waals surface area contributed by atoms with Crippen molar-refractivity contribution in [2.45, 2.75) is 32.6 Å². The average Bonchev–Trinajstić information content (AvgIpc) is 2.68. The molecule has 1 saturated carbocycles. The van der Waals surface area contributed by atoms with Crippen molar-refractivity contribution in [3.63, 3.8) is 0 Å². The Morgan fingerprint density at radius 2 is 1.78 bits per heavy atom. The number of hydrogen-bond acceptors (Lipinski definition) is 3. The number of nitrogens with zero attached hydrogens (tertiary/aromatic N) is 1. The maximum atomic E-state index is 12.3. The zero-order valence-electron chi connectivity index (χ0n) is 15.2. The van der Waals surface area contributed by atoms with Gasteiger partial charge in [-0.15, -0.1) is 0 Å². The molecule has 2 N–H and O–H groups in total. The number of hydrogen-bond donors (Lipinski definition) is 2. The monoisotopic (exact) mass is 427 g/mol. The molecule has 0 aliphatic heterocycles. The zero-order valence-corrected chi connectivity index (χ0v) is 16.8. The summed E-state index contributed by atoms with van der Waals surface area (Å²) in [7, 11) is 0. The Hall–Kier alpha value is -2.47. The highest BCUT2D eigenvalue weighted by atomic mass is 79.9. The minimum absolute atomic E-state index is 0.211. The topological polar surface area (TPSA) is 70.6 Å². The zero-order chi connectivity index (χ0) is 19.2. The molecule has 0 aromatic heterocycles. The van der Waals surface area contributed by atoms with Crippen LogP contribution in [-0.2, 0) is 0 Å². The molecule has 0 heterocycles. The van der Waals surface area contributed by atoms with Gasteiger partial charge in [-0.1, -0.05) is 25.5 Å². The van der Waals surface area contributed by atoms with Gasteiger partial charge in [-0.3, -0.25) is 9.59 Å². The third kappa shape index (κ3) is 5.04. The van der Waals surface area contributed by atoms with Crippen LogP contribution in [0.3, 0.4) is 0 Å². The molecule has 0 saturated heterocycles. The third-order valence-corrected chi connectivity index (χ3v) is 5.40. The molecule has 2 aromatic rings. The van der Waals surface area contributed by atoms with Gasteiger partial charge in [0.2, 0.25) is 0 Å². The Bertz CT molecular complexity index is 862. The Morgan fingerprint density at radius 3 is 2.48 bits per heavy atom. The Labute approximate surface area is 167 Å². The summed E-state index contributed by atoms with van der Waals surface area (Å²) in [5.41, 5.74) is 5.39. The molecule has 1 aliphatic rings. The lowest BCUT2D eigenvalue weighted by Crippen LogP contribution is -2.24. The van der Waals surface area contributed by atoms with Crippen molar-refractivity contribution in [3.8, 4) is 0 Å². The summed E-state index contributed by atoms with van der Waals surface area (Å²) in [6.45, 7) is 2.15. The lowest BCUT2D eigenvalue weighted by molar-refractivity contribution is 0.0953. The summed E-state index contributed by atoms with van der Waals surface area (Å²) in [4.78, 5) is 24.6. The van der Waals surface area contributed by atoms with E-state index < -0.39 is 0 Å². The van der Waals surface area contributed by atoms with Crippen LogP contribution >= 0.6 is 15.9 Å². The number of anilines is 1. The Morgan fingerprint density at radius 1 is 1.04 bits per heavy atom. The fraction of sp³-hybridized carbons (Fsp3) is 0.286. The highest BCUT2D eigenvalue weighted by molar-refractivity contribution is 9.10. The van der Waals surface area contributed by atoms with Crippen LogP contribution in [-0.4, -0.2) is 17.5 Å². The minimum Gasteiger partial charge on any atom is -0.322 e. The molecule has 27 heavy (non-hydrogen) atoms. The van der Waals surface area contributed by atoms with E-state index in [9.17, 15) is 9.59 Å². The normalized spacial score (nSPS) is 18.1. The number of carbonyl (C=O) groups excluding carboxylic acids is 2. The Balaban J connectivity index is 1.61. The van der Waals surface area contributed by atoms with Crippen LogP contribution in [0.25, 0.3) is 0 Å². The molecule has 0 bridgehead atoms. The van der Waals surface area contributed by atoms with Crippen molar-refractivity contribution < 1.29 is 9.59 Å². The second-order valence-corrected chi connectivity index (χ2v) is 7.56. The van der Waals surface area contributed by atoms with Crippen molar-refractivity contribution in [2.75, 3.05) is 5.32 Å². The number of benzene rings is 2. The largest absolute Gasteiger partial charge is 0.322 e. The van der Waals surface area contributed by atoms with Gasteiger partial charge in [0.25, 0.3) is 11.8 Å². The van der Waals surface area contributed by atoms with E-state index in [0.29, 0.717) is 22.7 Å². The van der Waals surface area contributed by atoms with Gasteiger partial charge in [-0.2, -0.15) is 5.10 Å². The fourth-order valence-electron chi connectivity index (χ4n) is 3.07. The summed E-state index contributed by atoms with van der Waals surface area (Å²) in [5, 5.41) is 7.13. The molecule has 0 unspecified atom stereocenters. The highest BCUT2D eigenvalue weighted by Crippen LogP contribution is 2.21. The first-order valence-corrected chi connectivity index (χ1v) is 9.86. The van der Waals surface area contributed by atoms with E-state index in [1.54, 1.807) is 30.3 Å². The van der Waals surface area contributed by atoms with E-state index in [4.69, 9.17) is 0 Å². The molecular weight excluding hydrogens is 406 g/mol. The fourth-order valence-corrected chi connectivity index (χ4v) is 3.54. The molecule has 1 aliphatic carbocycles. The molecule has 0 radical (unpaired) electrons. The van der Waals surface area contributed by atoms with Crippen molar-refractivity contribution >= 4 is 39.1 Å². The van der Waals surface area contributed by atoms with Crippen LogP contribution in [0.15, 0.2) is 58.1 Å². The summed E-state index contributed by atoms with van der Waals surface area (Å²) >= 11 is 3.37. The third-order valence-electron chi connectivity index (χ3n) is 4.71. The van der Waals surface area contributed by atoms with Gasteiger partial charge in [0, 0.05) is 21.4 Å². The van der Waals surface area contributed by atoms with Gasteiger partial charge in [-0.25, -0.2) is 5.43 Å². The summed E-state index contributed by atoms with van der Waals surface area (Å²) in [6.07, 6.45) is 4.42. The van der Waals surface area contributed by atoms with E-state index in [1.165, 1.54) is 6.42 Å². The van der Waals surface area contributed by atoms with Gasteiger partial charge >= 0.3 is 0 Å². The summed E-state index contributed by atoms with van der Waals surface area (Å²) in [5.74, 6) is -0.0322.